The maximum Gasteiger partial charge on any atom is 0.422 e. The monoisotopic (exact) mass is 409 g/mol. The largest absolute Gasteiger partial charge is 0.468 e. The number of alkyl halides is 3. The van der Waals surface area contributed by atoms with Crippen molar-refractivity contribution in [3.05, 3.63) is 41.3 Å². The van der Waals surface area contributed by atoms with Crippen molar-refractivity contribution in [3.8, 4) is 5.88 Å². The van der Waals surface area contributed by atoms with Crippen LogP contribution in [0.1, 0.15) is 34.5 Å². The molecular weight excluding hydrogens is 391 g/mol. The van der Waals surface area contributed by atoms with E-state index < -0.39 is 18.7 Å². The van der Waals surface area contributed by atoms with Crippen molar-refractivity contribution in [1.29, 1.82) is 0 Å². The van der Waals surface area contributed by atoms with Crippen LogP contribution in [0.25, 0.3) is 0 Å². The van der Waals surface area contributed by atoms with Gasteiger partial charge in [0.05, 0.1) is 0 Å². The van der Waals surface area contributed by atoms with E-state index in [1.165, 1.54) is 18.5 Å². The van der Waals surface area contributed by atoms with Crippen LogP contribution in [0.2, 0.25) is 0 Å². The maximum absolute atomic E-state index is 12.3. The Labute approximate surface area is 163 Å². The number of hydrogen-bond acceptors (Lipinski definition) is 6. The van der Waals surface area contributed by atoms with E-state index >= 15 is 0 Å². The molecule has 0 spiro atoms. The summed E-state index contributed by atoms with van der Waals surface area (Å²) < 4.78 is 41.3. The fraction of sp³-hybridized carbons (Fsp3) is 0.389. The van der Waals surface area contributed by atoms with Gasteiger partial charge in [-0.3, -0.25) is 14.9 Å². The second kappa shape index (κ2) is 8.41. The van der Waals surface area contributed by atoms with E-state index in [2.05, 4.69) is 30.3 Å². The Hall–Kier alpha value is -3.24. The molecule has 2 amide bonds. The third kappa shape index (κ3) is 6.13. The number of aromatic nitrogens is 3. The lowest BCUT2D eigenvalue weighted by molar-refractivity contribution is -0.154. The number of pyridine rings is 1. The Morgan fingerprint density at radius 3 is 2.69 bits per heavy atom. The van der Waals surface area contributed by atoms with Gasteiger partial charge in [0.2, 0.25) is 17.7 Å². The van der Waals surface area contributed by atoms with Crippen molar-refractivity contribution in [2.75, 3.05) is 11.9 Å². The molecule has 0 aliphatic heterocycles. The molecule has 3 rings (SSSR count). The topological polar surface area (TPSA) is 106 Å². The second-order valence-corrected chi connectivity index (χ2v) is 6.58. The number of ether oxygens (including phenoxy) is 1. The number of anilines is 1. The number of aryl methyl sites for hydroxylation is 1. The molecule has 11 heteroatoms. The molecule has 0 unspecified atom stereocenters. The molecule has 2 aromatic rings. The molecule has 2 heterocycles. The van der Waals surface area contributed by atoms with E-state index in [-0.39, 0.29) is 35.9 Å². The van der Waals surface area contributed by atoms with E-state index in [1.54, 1.807) is 13.0 Å². The zero-order valence-corrected chi connectivity index (χ0v) is 15.4. The minimum atomic E-state index is -4.45. The first-order chi connectivity index (χ1) is 13.7. The Bertz CT molecular complexity index is 916. The van der Waals surface area contributed by atoms with Gasteiger partial charge in [-0.15, -0.1) is 0 Å². The lowest BCUT2D eigenvalue weighted by Gasteiger charge is -2.11. The highest BCUT2D eigenvalue weighted by Gasteiger charge is 2.30. The van der Waals surface area contributed by atoms with Crippen molar-refractivity contribution in [1.82, 2.24) is 20.3 Å². The van der Waals surface area contributed by atoms with Gasteiger partial charge in [0.15, 0.2) is 6.61 Å². The summed E-state index contributed by atoms with van der Waals surface area (Å²) in [4.78, 5) is 35.8. The standard InChI is InChI=1S/C18H18F3N5O3/c1-10-6-11(8-24-16(10)29-9-18(19,20)21)7-23-15(28)13-4-5-22-17(25-13)26-14(27)12-2-3-12/h4-6,8,12H,2-3,7,9H2,1H3,(H,23,28)(H,22,25,26,27). The van der Waals surface area contributed by atoms with Gasteiger partial charge in [-0.05, 0) is 37.5 Å². The first kappa shape index (κ1) is 20.5. The summed E-state index contributed by atoms with van der Waals surface area (Å²) in [6, 6.07) is 2.97. The molecule has 1 fully saturated rings. The third-order valence-electron chi connectivity index (χ3n) is 3.98. The van der Waals surface area contributed by atoms with Gasteiger partial charge in [0.1, 0.15) is 5.69 Å². The maximum atomic E-state index is 12.3. The minimum absolute atomic E-state index is 0.0186. The van der Waals surface area contributed by atoms with Gasteiger partial charge in [0, 0.05) is 30.4 Å². The molecule has 1 aliphatic carbocycles. The lowest BCUT2D eigenvalue weighted by atomic mass is 10.2. The van der Waals surface area contributed by atoms with E-state index in [4.69, 9.17) is 0 Å². The zero-order valence-electron chi connectivity index (χ0n) is 15.4. The smallest absolute Gasteiger partial charge is 0.422 e. The average Bonchev–Trinajstić information content (AvgIpc) is 3.50. The summed E-state index contributed by atoms with van der Waals surface area (Å²) in [7, 11) is 0. The van der Waals surface area contributed by atoms with Crippen LogP contribution in [0.15, 0.2) is 24.5 Å². The Morgan fingerprint density at radius 1 is 1.28 bits per heavy atom. The highest BCUT2D eigenvalue weighted by Crippen LogP contribution is 2.29. The quantitative estimate of drug-likeness (QED) is 0.728. The molecule has 0 saturated heterocycles. The van der Waals surface area contributed by atoms with Crippen LogP contribution in [0.4, 0.5) is 19.1 Å². The normalized spacial score (nSPS) is 13.7. The number of nitrogens with one attached hydrogen (secondary N) is 2. The Balaban J connectivity index is 1.56. The van der Waals surface area contributed by atoms with Crippen molar-refractivity contribution in [2.45, 2.75) is 32.5 Å². The fourth-order valence-corrected chi connectivity index (χ4v) is 2.39. The molecule has 0 radical (unpaired) electrons. The highest BCUT2D eigenvalue weighted by molar-refractivity contribution is 5.94. The van der Waals surface area contributed by atoms with Crippen LogP contribution in [0, 0.1) is 12.8 Å². The van der Waals surface area contributed by atoms with E-state index in [1.807, 2.05) is 0 Å². The highest BCUT2D eigenvalue weighted by atomic mass is 19.4. The van der Waals surface area contributed by atoms with Crippen LogP contribution in [0.3, 0.4) is 0 Å². The van der Waals surface area contributed by atoms with Crippen LogP contribution in [-0.2, 0) is 11.3 Å². The molecule has 2 aromatic heterocycles. The minimum Gasteiger partial charge on any atom is -0.468 e. The van der Waals surface area contributed by atoms with Crippen LogP contribution in [0.5, 0.6) is 5.88 Å². The van der Waals surface area contributed by atoms with Gasteiger partial charge in [-0.1, -0.05) is 0 Å². The number of amides is 2. The van der Waals surface area contributed by atoms with Gasteiger partial charge < -0.3 is 10.1 Å². The summed E-state index contributed by atoms with van der Waals surface area (Å²) in [5, 5.41) is 5.20. The molecule has 154 valence electrons. The van der Waals surface area contributed by atoms with Crippen LogP contribution < -0.4 is 15.4 Å². The first-order valence-corrected chi connectivity index (χ1v) is 8.78. The summed E-state index contributed by atoms with van der Waals surface area (Å²) in [6.45, 7) is 0.216. The molecule has 0 aromatic carbocycles. The molecule has 2 N–H and O–H groups in total. The molecule has 0 atom stereocenters. The zero-order chi connectivity index (χ0) is 21.0. The number of carbonyl (C=O) groups excluding carboxylic acids is 2. The Morgan fingerprint density at radius 2 is 2.03 bits per heavy atom. The van der Waals surface area contributed by atoms with Crippen LogP contribution >= 0.6 is 0 Å². The predicted molar refractivity (Wildman–Crippen MR) is 95.1 cm³/mol. The second-order valence-electron chi connectivity index (χ2n) is 6.58. The SMILES string of the molecule is Cc1cc(CNC(=O)c2ccnc(NC(=O)C3CC3)n2)cnc1OCC(F)(F)F. The van der Waals surface area contributed by atoms with Crippen molar-refractivity contribution < 1.29 is 27.5 Å². The predicted octanol–water partition coefficient (Wildman–Crippen LogP) is 2.40. The fourth-order valence-electron chi connectivity index (χ4n) is 2.39. The van der Waals surface area contributed by atoms with Crippen molar-refractivity contribution in [2.24, 2.45) is 5.92 Å². The summed E-state index contributed by atoms with van der Waals surface area (Å²) in [5.74, 6) is -0.751. The van der Waals surface area contributed by atoms with Crippen molar-refractivity contribution in [3.63, 3.8) is 0 Å². The van der Waals surface area contributed by atoms with Gasteiger partial charge in [-0.2, -0.15) is 13.2 Å². The van der Waals surface area contributed by atoms with Gasteiger partial charge in [-0.25, -0.2) is 15.0 Å². The Kier molecular flexibility index (Phi) is 5.95. The average molecular weight is 409 g/mol. The molecule has 29 heavy (non-hydrogen) atoms. The van der Waals surface area contributed by atoms with Crippen LogP contribution in [-0.4, -0.2) is 39.5 Å². The molecule has 8 nitrogen and oxygen atoms in total. The number of carbonyl (C=O) groups is 2. The summed E-state index contributed by atoms with van der Waals surface area (Å²) in [5.41, 5.74) is 1.06. The number of nitrogens with zero attached hydrogens (tertiary/aromatic N) is 3. The number of hydrogen-bond donors (Lipinski definition) is 2. The lowest BCUT2D eigenvalue weighted by Crippen LogP contribution is -2.25. The van der Waals surface area contributed by atoms with Gasteiger partial charge >= 0.3 is 6.18 Å². The van der Waals surface area contributed by atoms with E-state index in [0.717, 1.165) is 12.8 Å². The molecule has 1 saturated carbocycles. The van der Waals surface area contributed by atoms with Crippen molar-refractivity contribution >= 4 is 17.8 Å². The van der Waals surface area contributed by atoms with E-state index in [9.17, 15) is 22.8 Å². The molecule has 1 aliphatic rings. The number of rotatable bonds is 7. The molecule has 0 bridgehead atoms. The molecular formula is C18H18F3N5O3. The first-order valence-electron chi connectivity index (χ1n) is 8.78. The third-order valence-corrected chi connectivity index (χ3v) is 3.98. The summed E-state index contributed by atoms with van der Waals surface area (Å²) in [6.07, 6.45) is -0.0998. The van der Waals surface area contributed by atoms with E-state index in [0.29, 0.717) is 11.1 Å². The number of halogens is 3. The van der Waals surface area contributed by atoms with Gasteiger partial charge in [0.25, 0.3) is 5.91 Å². The summed E-state index contributed by atoms with van der Waals surface area (Å²) >= 11 is 0.